The molecule has 1 amide bonds. The zero-order valence-electron chi connectivity index (χ0n) is 18.9. The lowest BCUT2D eigenvalue weighted by Crippen LogP contribution is -2.13. The highest BCUT2D eigenvalue weighted by Crippen LogP contribution is 2.24. The molecule has 7 nitrogen and oxygen atoms in total. The fourth-order valence-electron chi connectivity index (χ4n) is 3.60. The van der Waals surface area contributed by atoms with Crippen LogP contribution in [-0.2, 0) is 9.53 Å². The number of methoxy groups -OCH3 is 1. The molecule has 7 heteroatoms. The van der Waals surface area contributed by atoms with Crippen LogP contribution in [0.2, 0.25) is 0 Å². The molecule has 0 saturated heterocycles. The summed E-state index contributed by atoms with van der Waals surface area (Å²) in [6, 6.07) is 16.6. The number of ether oxygens (including phenoxy) is 1. The second kappa shape index (κ2) is 9.08. The Bertz CT molecular complexity index is 1380. The maximum absolute atomic E-state index is 12.6. The molecule has 0 bridgehead atoms. The summed E-state index contributed by atoms with van der Waals surface area (Å²) in [6.45, 7) is 5.93. The summed E-state index contributed by atoms with van der Waals surface area (Å²) in [5.41, 5.74) is 5.06. The Morgan fingerprint density at radius 1 is 1.00 bits per heavy atom. The number of rotatable bonds is 5. The molecular formula is C26H24N4O3. The van der Waals surface area contributed by atoms with Gasteiger partial charge in [-0.05, 0) is 61.7 Å². The minimum Gasteiger partial charge on any atom is -0.465 e. The van der Waals surface area contributed by atoms with E-state index < -0.39 is 5.97 Å². The number of amides is 1. The van der Waals surface area contributed by atoms with Gasteiger partial charge in [-0.2, -0.15) is 9.78 Å². The zero-order chi connectivity index (χ0) is 23.5. The highest BCUT2D eigenvalue weighted by atomic mass is 16.5. The van der Waals surface area contributed by atoms with Gasteiger partial charge in [0, 0.05) is 17.5 Å². The smallest absolute Gasteiger partial charge is 0.337 e. The number of anilines is 1. The Morgan fingerprint density at radius 2 is 1.76 bits per heavy atom. The van der Waals surface area contributed by atoms with Gasteiger partial charge in [0.05, 0.1) is 23.9 Å². The highest BCUT2D eigenvalue weighted by molar-refractivity contribution is 6.01. The van der Waals surface area contributed by atoms with Crippen molar-refractivity contribution >= 4 is 34.7 Å². The molecule has 0 unspecified atom stereocenters. The van der Waals surface area contributed by atoms with Crippen molar-refractivity contribution in [2.45, 2.75) is 20.8 Å². The summed E-state index contributed by atoms with van der Waals surface area (Å²) >= 11 is 0. The van der Waals surface area contributed by atoms with E-state index in [9.17, 15) is 9.59 Å². The van der Waals surface area contributed by atoms with Gasteiger partial charge in [-0.3, -0.25) is 4.79 Å². The van der Waals surface area contributed by atoms with Crippen molar-refractivity contribution in [1.82, 2.24) is 14.8 Å². The Kier molecular flexibility index (Phi) is 6.04. The topological polar surface area (TPSA) is 86.1 Å². The van der Waals surface area contributed by atoms with Crippen molar-refractivity contribution in [3.63, 3.8) is 0 Å². The van der Waals surface area contributed by atoms with Gasteiger partial charge in [0.1, 0.15) is 5.82 Å². The maximum Gasteiger partial charge on any atom is 0.337 e. The third kappa shape index (κ3) is 4.67. The molecule has 0 spiro atoms. The van der Waals surface area contributed by atoms with Crippen LogP contribution in [0.15, 0.2) is 60.7 Å². The lowest BCUT2D eigenvalue weighted by molar-refractivity contribution is -0.111. The lowest BCUT2D eigenvalue weighted by Gasteiger charge is -2.11. The van der Waals surface area contributed by atoms with Gasteiger partial charge in [0.15, 0.2) is 5.82 Å². The van der Waals surface area contributed by atoms with E-state index in [1.54, 1.807) is 41.1 Å². The molecule has 0 aliphatic carbocycles. The fraction of sp³-hybridized carbons (Fsp3) is 0.154. The molecule has 0 aliphatic heterocycles. The number of benzene rings is 2. The molecule has 33 heavy (non-hydrogen) atoms. The largest absolute Gasteiger partial charge is 0.465 e. The number of fused-ring (bicyclic) bond motifs is 1. The first-order valence-corrected chi connectivity index (χ1v) is 10.5. The molecule has 0 saturated carbocycles. The monoisotopic (exact) mass is 440 g/mol. The maximum atomic E-state index is 12.6. The molecule has 166 valence electrons. The summed E-state index contributed by atoms with van der Waals surface area (Å²) in [5.74, 6) is 0.463. The Labute approximate surface area is 191 Å². The van der Waals surface area contributed by atoms with Crippen molar-refractivity contribution in [1.29, 1.82) is 0 Å². The highest BCUT2D eigenvalue weighted by Gasteiger charge is 2.13. The number of carbonyl (C=O) groups excluding carboxylic acids is 2. The number of aryl methyl sites for hydroxylation is 3. The quantitative estimate of drug-likeness (QED) is 0.356. The number of nitrogens with one attached hydrogen (secondary N) is 1. The van der Waals surface area contributed by atoms with Crippen LogP contribution < -0.4 is 5.32 Å². The van der Waals surface area contributed by atoms with Gasteiger partial charge in [0.2, 0.25) is 5.91 Å². The molecule has 2 aromatic heterocycles. The number of esters is 1. The van der Waals surface area contributed by atoms with Crippen LogP contribution in [0.5, 0.6) is 0 Å². The summed E-state index contributed by atoms with van der Waals surface area (Å²) in [7, 11) is 1.34. The Morgan fingerprint density at radius 3 is 2.48 bits per heavy atom. The fourth-order valence-corrected chi connectivity index (χ4v) is 3.60. The molecule has 4 aromatic rings. The van der Waals surface area contributed by atoms with Gasteiger partial charge >= 0.3 is 5.97 Å². The molecule has 0 radical (unpaired) electrons. The minimum atomic E-state index is -0.403. The van der Waals surface area contributed by atoms with Crippen LogP contribution >= 0.6 is 0 Å². The molecule has 0 aliphatic rings. The standard InChI is InChI=1S/C26H24N4O3/c1-16-6-5-7-21-17(2)14-22(28-25(16)21)30-23(15-18(3)29-30)27-24(31)13-10-19-8-11-20(12-9-19)26(32)33-4/h5-15H,1-4H3,(H,27,31)/b13-10+. The van der Waals surface area contributed by atoms with E-state index in [0.717, 1.165) is 33.3 Å². The predicted octanol–water partition coefficient (Wildman–Crippen LogP) is 4.78. The Balaban J connectivity index is 1.58. The molecular weight excluding hydrogens is 416 g/mol. The van der Waals surface area contributed by atoms with Gasteiger partial charge in [0.25, 0.3) is 0 Å². The predicted molar refractivity (Wildman–Crippen MR) is 129 cm³/mol. The number of aromatic nitrogens is 3. The molecule has 2 heterocycles. The number of pyridine rings is 1. The van der Waals surface area contributed by atoms with Crippen LogP contribution in [0.4, 0.5) is 5.82 Å². The number of para-hydroxylation sites is 1. The molecule has 0 atom stereocenters. The first-order chi connectivity index (χ1) is 15.9. The van der Waals surface area contributed by atoms with Crippen molar-refractivity contribution in [2.75, 3.05) is 12.4 Å². The third-order valence-electron chi connectivity index (χ3n) is 5.29. The van der Waals surface area contributed by atoms with Gasteiger partial charge in [-0.25, -0.2) is 9.78 Å². The van der Waals surface area contributed by atoms with Gasteiger partial charge in [-0.1, -0.05) is 30.3 Å². The van der Waals surface area contributed by atoms with Crippen LogP contribution in [0.1, 0.15) is 32.7 Å². The van der Waals surface area contributed by atoms with Crippen molar-refractivity contribution in [3.8, 4) is 5.82 Å². The van der Waals surface area contributed by atoms with E-state index in [1.165, 1.54) is 13.2 Å². The van der Waals surface area contributed by atoms with E-state index in [1.807, 2.05) is 45.0 Å². The van der Waals surface area contributed by atoms with E-state index in [0.29, 0.717) is 17.2 Å². The van der Waals surface area contributed by atoms with E-state index >= 15 is 0 Å². The molecule has 1 N–H and O–H groups in total. The van der Waals surface area contributed by atoms with E-state index in [4.69, 9.17) is 9.72 Å². The summed E-state index contributed by atoms with van der Waals surface area (Å²) < 4.78 is 6.34. The summed E-state index contributed by atoms with van der Waals surface area (Å²) in [4.78, 5) is 28.9. The third-order valence-corrected chi connectivity index (χ3v) is 5.29. The first kappa shape index (κ1) is 22.0. The average Bonchev–Trinajstić information content (AvgIpc) is 3.18. The normalized spacial score (nSPS) is 11.2. The van der Waals surface area contributed by atoms with Crippen molar-refractivity contribution < 1.29 is 14.3 Å². The molecule has 4 rings (SSSR count). The average molecular weight is 441 g/mol. The summed E-state index contributed by atoms with van der Waals surface area (Å²) in [5, 5.41) is 8.51. The van der Waals surface area contributed by atoms with Crippen LogP contribution in [0, 0.1) is 20.8 Å². The van der Waals surface area contributed by atoms with Crippen molar-refractivity contribution in [3.05, 3.63) is 88.6 Å². The second-order valence-electron chi connectivity index (χ2n) is 7.79. The number of carbonyl (C=O) groups is 2. The first-order valence-electron chi connectivity index (χ1n) is 10.5. The zero-order valence-corrected chi connectivity index (χ0v) is 18.9. The van der Waals surface area contributed by atoms with Crippen LogP contribution in [-0.4, -0.2) is 33.8 Å². The number of hydrogen-bond donors (Lipinski definition) is 1. The Hall–Kier alpha value is -4.26. The summed E-state index contributed by atoms with van der Waals surface area (Å²) in [6.07, 6.45) is 3.11. The lowest BCUT2D eigenvalue weighted by atomic mass is 10.1. The van der Waals surface area contributed by atoms with E-state index in [2.05, 4.69) is 10.4 Å². The van der Waals surface area contributed by atoms with Crippen molar-refractivity contribution in [2.24, 2.45) is 0 Å². The number of hydrogen-bond acceptors (Lipinski definition) is 5. The van der Waals surface area contributed by atoms with Crippen LogP contribution in [0.3, 0.4) is 0 Å². The number of nitrogens with zero attached hydrogens (tertiary/aromatic N) is 3. The molecule has 2 aromatic carbocycles. The van der Waals surface area contributed by atoms with Gasteiger partial charge in [-0.15, -0.1) is 0 Å². The van der Waals surface area contributed by atoms with Gasteiger partial charge < -0.3 is 10.1 Å². The SMILES string of the molecule is COC(=O)c1ccc(/C=C/C(=O)Nc2cc(C)nn2-c2cc(C)c3cccc(C)c3n2)cc1. The second-order valence-corrected chi connectivity index (χ2v) is 7.79. The van der Waals surface area contributed by atoms with Crippen LogP contribution in [0.25, 0.3) is 22.8 Å². The minimum absolute atomic E-state index is 0.304. The molecule has 0 fully saturated rings. The van der Waals surface area contributed by atoms with E-state index in [-0.39, 0.29) is 5.91 Å².